The molecular weight excluding hydrogens is 456 g/mol. The molecule has 7 atom stereocenters. The van der Waals surface area contributed by atoms with Crippen molar-refractivity contribution >= 4 is 23.9 Å². The van der Waals surface area contributed by atoms with Crippen molar-refractivity contribution < 1.29 is 18.9 Å². The Labute approximate surface area is 202 Å². The second kappa shape index (κ2) is 8.48. The van der Waals surface area contributed by atoms with Crippen LogP contribution >= 0.6 is 12.0 Å². The van der Waals surface area contributed by atoms with Gasteiger partial charge in [-0.2, -0.15) is 11.2 Å². The van der Waals surface area contributed by atoms with Crippen molar-refractivity contribution in [3.63, 3.8) is 0 Å². The number of hydrogen-bond donors (Lipinski definition) is 2. The maximum Gasteiger partial charge on any atom is 0.242 e. The van der Waals surface area contributed by atoms with Crippen molar-refractivity contribution in [2.45, 2.75) is 73.3 Å². The number of carbonyl (C=O) groups is 2. The summed E-state index contributed by atoms with van der Waals surface area (Å²) in [7, 11) is 0. The number of piperidine rings is 1. The highest BCUT2D eigenvalue weighted by Crippen LogP contribution is 2.48. The summed E-state index contributed by atoms with van der Waals surface area (Å²) >= 11 is 1.06. The van der Waals surface area contributed by atoms with E-state index in [0.717, 1.165) is 55.6 Å². The smallest absolute Gasteiger partial charge is 0.242 e. The lowest BCUT2D eigenvalue weighted by molar-refractivity contribution is -0.195. The van der Waals surface area contributed by atoms with Gasteiger partial charge in [-0.25, -0.2) is 0 Å². The Hall–Kier alpha value is -2.20. The number of benzene rings is 1. The number of fused-ring (bicyclic) bond motifs is 4. The van der Waals surface area contributed by atoms with Crippen LogP contribution in [-0.4, -0.2) is 69.8 Å². The molecule has 10 nitrogen and oxygen atoms in total. The topological polar surface area (TPSA) is 138 Å². The minimum absolute atomic E-state index is 0.0773. The summed E-state index contributed by atoms with van der Waals surface area (Å²) in [5.41, 5.74) is 8.73. The lowest BCUT2D eigenvalue weighted by Crippen LogP contribution is -2.57. The highest BCUT2D eigenvalue weighted by Gasteiger charge is 2.56. The molecule has 2 amide bonds. The third-order valence-electron chi connectivity index (χ3n) is 8.24. The van der Waals surface area contributed by atoms with E-state index < -0.39 is 6.04 Å². The molecule has 180 valence electrons. The van der Waals surface area contributed by atoms with Gasteiger partial charge in [0.05, 0.1) is 36.2 Å². The fraction of sp³-hybridized carbons (Fsp3) is 0.609. The van der Waals surface area contributed by atoms with Crippen molar-refractivity contribution in [1.29, 1.82) is 5.26 Å². The molecule has 4 fully saturated rings. The highest BCUT2D eigenvalue weighted by atomic mass is 32.2. The lowest BCUT2D eigenvalue weighted by Gasteiger charge is -2.38. The van der Waals surface area contributed by atoms with E-state index in [1.54, 1.807) is 4.90 Å². The van der Waals surface area contributed by atoms with Crippen molar-refractivity contribution in [2.75, 3.05) is 13.1 Å². The fourth-order valence-corrected chi connectivity index (χ4v) is 7.11. The molecule has 1 unspecified atom stereocenters. The molecule has 2 bridgehead atoms. The molecule has 2 aliphatic carbocycles. The number of hydrogen-bond acceptors (Lipinski definition) is 9. The van der Waals surface area contributed by atoms with Crippen molar-refractivity contribution in [3.8, 4) is 6.07 Å². The van der Waals surface area contributed by atoms with Gasteiger partial charge < -0.3 is 15.5 Å². The van der Waals surface area contributed by atoms with E-state index in [9.17, 15) is 14.9 Å². The van der Waals surface area contributed by atoms with Gasteiger partial charge in [-0.1, -0.05) is 6.07 Å². The van der Waals surface area contributed by atoms with Gasteiger partial charge in [-0.05, 0) is 61.3 Å². The molecule has 34 heavy (non-hydrogen) atoms. The minimum atomic E-state index is -0.710. The zero-order valence-corrected chi connectivity index (χ0v) is 19.5. The Kier molecular flexibility index (Phi) is 5.55. The Morgan fingerprint density at radius 1 is 1.29 bits per heavy atom. The largest absolute Gasteiger partial charge is 0.330 e. The van der Waals surface area contributed by atoms with Gasteiger partial charge in [0.1, 0.15) is 6.04 Å². The van der Waals surface area contributed by atoms with Crippen LogP contribution in [0.2, 0.25) is 0 Å². The summed E-state index contributed by atoms with van der Waals surface area (Å²) in [4.78, 5) is 37.4. The summed E-state index contributed by atoms with van der Waals surface area (Å²) in [6.45, 7) is 1.09. The number of nitriles is 1. The second-order valence-corrected chi connectivity index (χ2v) is 10.8. The number of nitrogens with two attached hydrogens (primary N) is 2. The first-order valence-electron chi connectivity index (χ1n) is 11.9. The first kappa shape index (κ1) is 22.3. The van der Waals surface area contributed by atoms with Gasteiger partial charge in [0.2, 0.25) is 11.8 Å². The third-order valence-corrected chi connectivity index (χ3v) is 8.83. The molecule has 3 aliphatic heterocycles. The predicted molar refractivity (Wildman–Crippen MR) is 121 cm³/mol. The van der Waals surface area contributed by atoms with E-state index in [1.807, 2.05) is 6.07 Å². The molecule has 4 N–H and O–H groups in total. The molecule has 3 saturated heterocycles. The SMILES string of the molecule is N#C[C@@H]1C[C@@H]2C[C@@H]2N1C(=O)[C@@H](N)CN1CC2C[C@@H]1C(=O)N2[C@@H]1CCc2cc(SOON)ccc21. The van der Waals surface area contributed by atoms with Crippen LogP contribution in [0.15, 0.2) is 23.1 Å². The molecule has 6 rings (SSSR count). The summed E-state index contributed by atoms with van der Waals surface area (Å²) in [6.07, 6.45) is 4.32. The Balaban J connectivity index is 1.10. The number of amides is 2. The second-order valence-electron chi connectivity index (χ2n) is 10.1. The average Bonchev–Trinajstić information content (AvgIpc) is 3.17. The quantitative estimate of drug-likeness (QED) is 0.324. The number of carbonyl (C=O) groups excluding carboxylic acids is 2. The van der Waals surface area contributed by atoms with Gasteiger partial charge in [0.15, 0.2) is 0 Å². The summed E-state index contributed by atoms with van der Waals surface area (Å²) in [5.74, 6) is 5.37. The maximum atomic E-state index is 13.4. The molecule has 0 spiro atoms. The van der Waals surface area contributed by atoms with E-state index in [1.165, 1.54) is 11.1 Å². The van der Waals surface area contributed by atoms with Gasteiger partial charge in [0.25, 0.3) is 0 Å². The molecule has 1 aromatic carbocycles. The zero-order chi connectivity index (χ0) is 23.6. The number of likely N-dealkylation sites (tertiary alicyclic amines) is 3. The molecule has 0 radical (unpaired) electrons. The molecule has 1 aromatic rings. The van der Waals surface area contributed by atoms with Crippen LogP contribution in [0.25, 0.3) is 0 Å². The van der Waals surface area contributed by atoms with E-state index in [0.29, 0.717) is 12.5 Å². The predicted octanol–water partition coefficient (Wildman–Crippen LogP) is 0.628. The van der Waals surface area contributed by atoms with E-state index >= 15 is 0 Å². The average molecular weight is 485 g/mol. The molecule has 11 heteroatoms. The summed E-state index contributed by atoms with van der Waals surface area (Å²) < 4.78 is 4.75. The monoisotopic (exact) mass is 484 g/mol. The van der Waals surface area contributed by atoms with Crippen LogP contribution in [0, 0.1) is 17.2 Å². The molecule has 5 aliphatic rings. The summed E-state index contributed by atoms with van der Waals surface area (Å²) in [5, 5.41) is 9.40. The first-order chi connectivity index (χ1) is 16.5. The van der Waals surface area contributed by atoms with Crippen LogP contribution in [0.5, 0.6) is 0 Å². The Bertz CT molecular complexity index is 1060. The van der Waals surface area contributed by atoms with Crippen molar-refractivity contribution in [3.05, 3.63) is 29.3 Å². The van der Waals surface area contributed by atoms with E-state index in [-0.39, 0.29) is 42.0 Å². The number of rotatable bonds is 7. The number of piperazine rings is 1. The van der Waals surface area contributed by atoms with E-state index in [2.05, 4.69) is 33.0 Å². The van der Waals surface area contributed by atoms with Crippen molar-refractivity contribution in [1.82, 2.24) is 14.7 Å². The number of aryl methyl sites for hydroxylation is 1. The maximum absolute atomic E-state index is 13.4. The lowest BCUT2D eigenvalue weighted by atomic mass is 10.1. The van der Waals surface area contributed by atoms with E-state index in [4.69, 9.17) is 16.0 Å². The number of nitrogens with zero attached hydrogens (tertiary/aromatic N) is 4. The van der Waals surface area contributed by atoms with Gasteiger partial charge in [-0.3, -0.25) is 14.5 Å². The third kappa shape index (κ3) is 3.52. The van der Waals surface area contributed by atoms with Crippen LogP contribution in [0.1, 0.15) is 42.9 Å². The molecular formula is C23H28N6O4S. The van der Waals surface area contributed by atoms with Crippen LogP contribution < -0.4 is 11.6 Å². The normalized spacial score (nSPS) is 34.3. The zero-order valence-electron chi connectivity index (χ0n) is 18.7. The Morgan fingerprint density at radius 2 is 2.15 bits per heavy atom. The first-order valence-corrected chi connectivity index (χ1v) is 12.6. The summed E-state index contributed by atoms with van der Waals surface area (Å²) in [6, 6.07) is 7.43. The highest BCUT2D eigenvalue weighted by molar-refractivity contribution is 7.94. The van der Waals surface area contributed by atoms with Crippen LogP contribution in [0.4, 0.5) is 0 Å². The Morgan fingerprint density at radius 3 is 2.91 bits per heavy atom. The minimum Gasteiger partial charge on any atom is -0.330 e. The molecule has 3 heterocycles. The van der Waals surface area contributed by atoms with Gasteiger partial charge in [0, 0.05) is 30.1 Å². The molecule has 1 saturated carbocycles. The molecule has 0 aromatic heterocycles. The van der Waals surface area contributed by atoms with Crippen LogP contribution in [0.3, 0.4) is 0 Å². The standard InChI is InChI=1S/C23H28N6O4S/c24-9-14-5-13-7-20(13)28(14)22(30)18(25)11-27-10-15-8-21(27)23(31)29(15)19-4-1-12-6-16(34-33-32-26)2-3-17(12)19/h2-3,6,13-15,18-21H,1,4-5,7-8,10-11,25-26H2/t13-,14+,15?,18+,19-,20+,21-/m1/s1. The van der Waals surface area contributed by atoms with Gasteiger partial charge in [-0.15, -0.1) is 9.32 Å². The fourth-order valence-electron chi connectivity index (χ4n) is 6.68. The van der Waals surface area contributed by atoms with Crippen LogP contribution in [-0.2, 0) is 25.3 Å². The van der Waals surface area contributed by atoms with Crippen molar-refractivity contribution in [2.24, 2.45) is 17.5 Å². The van der Waals surface area contributed by atoms with Gasteiger partial charge >= 0.3 is 0 Å².